The first kappa shape index (κ1) is 20.2. The summed E-state index contributed by atoms with van der Waals surface area (Å²) in [5.74, 6) is -2.72. The zero-order valence-electron chi connectivity index (χ0n) is 14.4. The number of carboxylic acids is 2. The Kier molecular flexibility index (Phi) is 8.74. The highest BCUT2D eigenvalue weighted by molar-refractivity contribution is 6.27. The predicted octanol–water partition coefficient (Wildman–Crippen LogP) is 2.49. The summed E-state index contributed by atoms with van der Waals surface area (Å²) in [5, 5.41) is 18.2. The van der Waals surface area contributed by atoms with Gasteiger partial charge < -0.3 is 20.3 Å². The maximum Gasteiger partial charge on any atom is 0.414 e. The third kappa shape index (κ3) is 8.53. The maximum atomic E-state index is 9.10. The van der Waals surface area contributed by atoms with Crippen molar-refractivity contribution in [2.45, 2.75) is 19.9 Å². The fourth-order valence-corrected chi connectivity index (χ4v) is 2.00. The Labute approximate surface area is 147 Å². The van der Waals surface area contributed by atoms with Gasteiger partial charge in [0.05, 0.1) is 7.11 Å². The van der Waals surface area contributed by atoms with Gasteiger partial charge in [-0.2, -0.15) is 0 Å². The number of nitrogens with one attached hydrogen (secondary N) is 1. The molecule has 0 aromatic heterocycles. The van der Waals surface area contributed by atoms with Crippen LogP contribution in [0.15, 0.2) is 48.5 Å². The lowest BCUT2D eigenvalue weighted by Gasteiger charge is -2.07. The molecule has 0 radical (unpaired) electrons. The summed E-state index contributed by atoms with van der Waals surface area (Å²) in [4.78, 5) is 18.2. The monoisotopic (exact) mass is 345 g/mol. The van der Waals surface area contributed by atoms with E-state index in [9.17, 15) is 0 Å². The van der Waals surface area contributed by atoms with Gasteiger partial charge in [-0.25, -0.2) is 9.59 Å². The number of benzene rings is 2. The molecule has 0 unspecified atom stereocenters. The SMILES string of the molecule is COc1cccc(CCNCc2ccc(C)cc2)c1.O=C(O)C(=O)O. The van der Waals surface area contributed by atoms with Gasteiger partial charge in [-0.15, -0.1) is 0 Å². The fourth-order valence-electron chi connectivity index (χ4n) is 2.00. The van der Waals surface area contributed by atoms with Crippen molar-refractivity contribution in [2.75, 3.05) is 13.7 Å². The molecule has 2 rings (SSSR count). The van der Waals surface area contributed by atoms with E-state index in [0.29, 0.717) is 0 Å². The fraction of sp³-hybridized carbons (Fsp3) is 0.263. The molecule has 0 fully saturated rings. The van der Waals surface area contributed by atoms with Crippen molar-refractivity contribution in [3.63, 3.8) is 0 Å². The van der Waals surface area contributed by atoms with Crippen molar-refractivity contribution in [1.29, 1.82) is 0 Å². The van der Waals surface area contributed by atoms with Gasteiger partial charge in [0, 0.05) is 6.54 Å². The minimum atomic E-state index is -1.82. The predicted molar refractivity (Wildman–Crippen MR) is 94.9 cm³/mol. The van der Waals surface area contributed by atoms with E-state index in [1.165, 1.54) is 16.7 Å². The standard InChI is InChI=1S/C17H21NO.C2H2O4/c1-14-6-8-16(9-7-14)13-18-11-10-15-4-3-5-17(12-15)19-2;3-1(4)2(5)6/h3-9,12,18H,10-11,13H2,1-2H3;(H,3,4)(H,5,6). The van der Waals surface area contributed by atoms with Crippen LogP contribution in [0, 0.1) is 6.92 Å². The van der Waals surface area contributed by atoms with Crippen molar-refractivity contribution in [2.24, 2.45) is 0 Å². The first-order chi connectivity index (χ1) is 11.9. The van der Waals surface area contributed by atoms with Crippen molar-refractivity contribution in [3.8, 4) is 5.75 Å². The minimum Gasteiger partial charge on any atom is -0.497 e. The average Bonchev–Trinajstić information content (AvgIpc) is 2.61. The van der Waals surface area contributed by atoms with Gasteiger partial charge in [-0.05, 0) is 43.1 Å². The van der Waals surface area contributed by atoms with Crippen LogP contribution in [-0.4, -0.2) is 35.8 Å². The van der Waals surface area contributed by atoms with E-state index in [0.717, 1.165) is 25.3 Å². The lowest BCUT2D eigenvalue weighted by molar-refractivity contribution is -0.159. The molecule has 0 bridgehead atoms. The van der Waals surface area contributed by atoms with Gasteiger partial charge in [0.15, 0.2) is 0 Å². The maximum absolute atomic E-state index is 9.10. The Morgan fingerprint density at radius 3 is 2.20 bits per heavy atom. The summed E-state index contributed by atoms with van der Waals surface area (Å²) in [5.41, 5.74) is 3.94. The molecule has 0 saturated carbocycles. The third-order valence-corrected chi connectivity index (χ3v) is 3.36. The number of ether oxygens (including phenoxy) is 1. The molecule has 0 saturated heterocycles. The molecule has 134 valence electrons. The topological polar surface area (TPSA) is 95.9 Å². The van der Waals surface area contributed by atoms with Crippen LogP contribution in [0.3, 0.4) is 0 Å². The number of aliphatic carboxylic acids is 2. The van der Waals surface area contributed by atoms with Crippen LogP contribution in [0.5, 0.6) is 5.75 Å². The van der Waals surface area contributed by atoms with Crippen LogP contribution in [-0.2, 0) is 22.6 Å². The molecule has 25 heavy (non-hydrogen) atoms. The van der Waals surface area contributed by atoms with Crippen LogP contribution in [0.2, 0.25) is 0 Å². The minimum absolute atomic E-state index is 0.921. The van der Waals surface area contributed by atoms with E-state index < -0.39 is 11.9 Å². The lowest BCUT2D eigenvalue weighted by Crippen LogP contribution is -2.16. The molecule has 0 heterocycles. The number of methoxy groups -OCH3 is 1. The second kappa shape index (κ2) is 10.8. The molecule has 0 spiro atoms. The molecular formula is C19H23NO5. The molecule has 2 aromatic rings. The third-order valence-electron chi connectivity index (χ3n) is 3.36. The zero-order valence-corrected chi connectivity index (χ0v) is 14.4. The smallest absolute Gasteiger partial charge is 0.414 e. The highest BCUT2D eigenvalue weighted by Gasteiger charge is 2.04. The Morgan fingerprint density at radius 2 is 1.64 bits per heavy atom. The average molecular weight is 345 g/mol. The normalized spacial score (nSPS) is 9.68. The second-order valence-corrected chi connectivity index (χ2v) is 5.37. The molecule has 0 amide bonds. The lowest BCUT2D eigenvalue weighted by atomic mass is 10.1. The molecule has 6 heteroatoms. The Balaban J connectivity index is 0.000000450. The van der Waals surface area contributed by atoms with E-state index in [4.69, 9.17) is 24.5 Å². The number of carboxylic acid groups (broad SMARTS) is 2. The number of hydrogen-bond donors (Lipinski definition) is 3. The number of aryl methyl sites for hydroxylation is 1. The molecule has 0 aliphatic heterocycles. The number of hydrogen-bond acceptors (Lipinski definition) is 4. The van der Waals surface area contributed by atoms with Crippen LogP contribution in [0.4, 0.5) is 0 Å². The summed E-state index contributed by atoms with van der Waals surface area (Å²) in [6.07, 6.45) is 1.02. The van der Waals surface area contributed by atoms with Crippen molar-refractivity contribution in [3.05, 3.63) is 65.2 Å². The highest BCUT2D eigenvalue weighted by Crippen LogP contribution is 2.12. The van der Waals surface area contributed by atoms with E-state index in [2.05, 4.69) is 48.6 Å². The van der Waals surface area contributed by atoms with Crippen LogP contribution in [0.25, 0.3) is 0 Å². The Morgan fingerprint density at radius 1 is 1.00 bits per heavy atom. The van der Waals surface area contributed by atoms with E-state index in [1.54, 1.807) is 7.11 Å². The van der Waals surface area contributed by atoms with Gasteiger partial charge in [0.1, 0.15) is 5.75 Å². The molecule has 2 aromatic carbocycles. The molecule has 0 aliphatic rings. The molecule has 0 atom stereocenters. The number of carbonyl (C=O) groups is 2. The van der Waals surface area contributed by atoms with Crippen molar-refractivity contribution in [1.82, 2.24) is 5.32 Å². The quantitative estimate of drug-likeness (QED) is 0.550. The number of rotatable bonds is 6. The van der Waals surface area contributed by atoms with Gasteiger partial charge in [0.2, 0.25) is 0 Å². The zero-order chi connectivity index (χ0) is 18.7. The molecule has 3 N–H and O–H groups in total. The molecule has 0 aliphatic carbocycles. The van der Waals surface area contributed by atoms with Gasteiger partial charge in [-0.3, -0.25) is 0 Å². The first-order valence-electron chi connectivity index (χ1n) is 7.77. The first-order valence-corrected chi connectivity index (χ1v) is 7.77. The van der Waals surface area contributed by atoms with Gasteiger partial charge >= 0.3 is 11.9 Å². The Hall–Kier alpha value is -2.86. The molecular weight excluding hydrogens is 322 g/mol. The summed E-state index contributed by atoms with van der Waals surface area (Å²) < 4.78 is 5.22. The van der Waals surface area contributed by atoms with Crippen LogP contribution < -0.4 is 10.1 Å². The van der Waals surface area contributed by atoms with E-state index in [1.807, 2.05) is 12.1 Å². The van der Waals surface area contributed by atoms with Gasteiger partial charge in [-0.1, -0.05) is 42.0 Å². The van der Waals surface area contributed by atoms with Crippen LogP contribution >= 0.6 is 0 Å². The van der Waals surface area contributed by atoms with Crippen molar-refractivity contribution >= 4 is 11.9 Å². The van der Waals surface area contributed by atoms with E-state index >= 15 is 0 Å². The van der Waals surface area contributed by atoms with E-state index in [-0.39, 0.29) is 0 Å². The summed E-state index contributed by atoms with van der Waals surface area (Å²) >= 11 is 0. The van der Waals surface area contributed by atoms with Gasteiger partial charge in [0.25, 0.3) is 0 Å². The molecule has 6 nitrogen and oxygen atoms in total. The summed E-state index contributed by atoms with van der Waals surface area (Å²) in [6.45, 7) is 4.01. The second-order valence-electron chi connectivity index (χ2n) is 5.37. The van der Waals surface area contributed by atoms with Crippen molar-refractivity contribution < 1.29 is 24.5 Å². The largest absolute Gasteiger partial charge is 0.497 e. The summed E-state index contributed by atoms with van der Waals surface area (Å²) in [7, 11) is 1.70. The summed E-state index contributed by atoms with van der Waals surface area (Å²) in [6, 6.07) is 16.9. The Bertz CT molecular complexity index is 670. The van der Waals surface area contributed by atoms with Crippen LogP contribution in [0.1, 0.15) is 16.7 Å². The highest BCUT2D eigenvalue weighted by atomic mass is 16.5.